The van der Waals surface area contributed by atoms with Crippen molar-refractivity contribution in [3.63, 3.8) is 0 Å². The third-order valence-electron chi connectivity index (χ3n) is 4.15. The van der Waals surface area contributed by atoms with Crippen LogP contribution in [0.4, 0.5) is 14.6 Å². The van der Waals surface area contributed by atoms with Crippen LogP contribution in [-0.2, 0) is 0 Å². The molecule has 27 heavy (non-hydrogen) atoms. The van der Waals surface area contributed by atoms with E-state index in [1.54, 1.807) is 43.7 Å². The smallest absolute Gasteiger partial charge is 0.163 e. The Balaban J connectivity index is 1.95. The van der Waals surface area contributed by atoms with Crippen LogP contribution in [0, 0.1) is 11.6 Å². The highest BCUT2D eigenvalue weighted by Crippen LogP contribution is 2.33. The van der Waals surface area contributed by atoms with Crippen molar-refractivity contribution in [2.75, 3.05) is 12.4 Å². The molecule has 4 aromatic rings. The van der Waals surface area contributed by atoms with Gasteiger partial charge in [-0.25, -0.2) is 18.7 Å². The summed E-state index contributed by atoms with van der Waals surface area (Å²) in [7, 11) is 1.68. The van der Waals surface area contributed by atoms with Gasteiger partial charge in [0.05, 0.1) is 0 Å². The molecule has 0 radical (unpaired) electrons. The summed E-state index contributed by atoms with van der Waals surface area (Å²) in [4.78, 5) is 12.8. The number of nitrogens with one attached hydrogen (secondary N) is 1. The van der Waals surface area contributed by atoms with Gasteiger partial charge in [-0.2, -0.15) is 0 Å². The van der Waals surface area contributed by atoms with Crippen LogP contribution in [0.3, 0.4) is 0 Å². The fourth-order valence-corrected chi connectivity index (χ4v) is 3.04. The molecule has 0 saturated heterocycles. The van der Waals surface area contributed by atoms with Gasteiger partial charge in [0, 0.05) is 41.0 Å². The largest absolute Gasteiger partial charge is 0.373 e. The van der Waals surface area contributed by atoms with E-state index in [9.17, 15) is 8.78 Å². The Morgan fingerprint density at radius 1 is 0.963 bits per heavy atom. The van der Waals surface area contributed by atoms with Gasteiger partial charge in [-0.3, -0.25) is 4.98 Å². The van der Waals surface area contributed by atoms with Crippen LogP contribution in [0.25, 0.3) is 33.4 Å². The number of benzene rings is 2. The van der Waals surface area contributed by atoms with Gasteiger partial charge in [-0.15, -0.1) is 0 Å². The summed E-state index contributed by atoms with van der Waals surface area (Å²) in [6.45, 7) is 0. The topological polar surface area (TPSA) is 50.7 Å². The maximum absolute atomic E-state index is 14.9. The predicted molar refractivity (Wildman–Crippen MR) is 103 cm³/mol. The van der Waals surface area contributed by atoms with E-state index < -0.39 is 11.6 Å². The minimum Gasteiger partial charge on any atom is -0.373 e. The first-order valence-electron chi connectivity index (χ1n) is 8.11. The average Bonchev–Trinajstić information content (AvgIpc) is 2.68. The Kier molecular flexibility index (Phi) is 4.41. The lowest BCUT2D eigenvalue weighted by Crippen LogP contribution is -2.01. The van der Waals surface area contributed by atoms with Gasteiger partial charge >= 0.3 is 0 Å². The van der Waals surface area contributed by atoms with Crippen LogP contribution in [0.5, 0.6) is 0 Å². The van der Waals surface area contributed by atoms with Crippen molar-refractivity contribution < 1.29 is 8.78 Å². The zero-order valence-electron chi connectivity index (χ0n) is 14.2. The summed E-state index contributed by atoms with van der Waals surface area (Å²) in [5.41, 5.74) is 1.44. The Morgan fingerprint density at radius 3 is 2.52 bits per heavy atom. The minimum absolute atomic E-state index is 0.145. The number of pyridine rings is 1. The first-order chi connectivity index (χ1) is 13.1. The molecule has 2 aromatic heterocycles. The highest BCUT2D eigenvalue weighted by Gasteiger charge is 2.16. The summed E-state index contributed by atoms with van der Waals surface area (Å²) < 4.78 is 29.1. The van der Waals surface area contributed by atoms with Crippen LogP contribution >= 0.6 is 11.6 Å². The van der Waals surface area contributed by atoms with Crippen molar-refractivity contribution in [3.8, 4) is 22.5 Å². The van der Waals surface area contributed by atoms with E-state index in [1.807, 2.05) is 0 Å². The SMILES string of the molecule is CNc1nc(-c2cccnc2)nc2c(F)cc(-c3ccc(Cl)cc3F)cc12. The molecule has 0 amide bonds. The molecule has 2 heterocycles. The van der Waals surface area contributed by atoms with E-state index in [2.05, 4.69) is 20.3 Å². The standard InChI is InChI=1S/C20H13ClF2N4/c1-24-20-15-7-12(14-5-4-13(21)9-16(14)22)8-17(23)18(15)26-19(27-20)11-3-2-6-25-10-11/h2-10H,1H3,(H,24,26,27). The number of hydrogen-bond acceptors (Lipinski definition) is 4. The van der Waals surface area contributed by atoms with Crippen molar-refractivity contribution in [1.82, 2.24) is 15.0 Å². The highest BCUT2D eigenvalue weighted by atomic mass is 35.5. The maximum Gasteiger partial charge on any atom is 0.163 e. The highest BCUT2D eigenvalue weighted by molar-refractivity contribution is 6.30. The van der Waals surface area contributed by atoms with Crippen LogP contribution in [0.15, 0.2) is 54.9 Å². The lowest BCUT2D eigenvalue weighted by atomic mass is 10.0. The molecule has 0 unspecified atom stereocenters. The zero-order chi connectivity index (χ0) is 19.0. The first kappa shape index (κ1) is 17.3. The van der Waals surface area contributed by atoms with Gasteiger partial charge in [0.15, 0.2) is 5.82 Å². The van der Waals surface area contributed by atoms with E-state index in [-0.39, 0.29) is 16.1 Å². The van der Waals surface area contributed by atoms with Crippen molar-refractivity contribution in [1.29, 1.82) is 0 Å². The summed E-state index contributed by atoms with van der Waals surface area (Å²) >= 11 is 5.80. The molecule has 7 heteroatoms. The maximum atomic E-state index is 14.9. The minimum atomic E-state index is -0.569. The molecule has 4 nitrogen and oxygen atoms in total. The number of hydrogen-bond donors (Lipinski definition) is 1. The van der Waals surface area contributed by atoms with E-state index in [0.29, 0.717) is 28.2 Å². The summed E-state index contributed by atoms with van der Waals surface area (Å²) in [6.07, 6.45) is 3.24. The van der Waals surface area contributed by atoms with E-state index in [0.717, 1.165) is 0 Å². The normalized spacial score (nSPS) is 11.0. The van der Waals surface area contributed by atoms with Crippen LogP contribution in [0.1, 0.15) is 0 Å². The molecule has 0 aliphatic carbocycles. The molecule has 4 rings (SSSR count). The third kappa shape index (κ3) is 3.19. The molecule has 134 valence electrons. The van der Waals surface area contributed by atoms with E-state index >= 15 is 0 Å². The molecule has 0 atom stereocenters. The second-order valence-corrected chi connectivity index (χ2v) is 6.30. The van der Waals surface area contributed by atoms with Crippen LogP contribution in [0.2, 0.25) is 5.02 Å². The number of aromatic nitrogens is 3. The molecule has 0 bridgehead atoms. The number of rotatable bonds is 3. The summed E-state index contributed by atoms with van der Waals surface area (Å²) in [5.74, 6) is -0.306. The van der Waals surface area contributed by atoms with E-state index in [1.165, 1.54) is 18.2 Å². The van der Waals surface area contributed by atoms with Gasteiger partial charge in [-0.1, -0.05) is 11.6 Å². The van der Waals surface area contributed by atoms with Gasteiger partial charge in [0.1, 0.15) is 23.0 Å². The fourth-order valence-electron chi connectivity index (χ4n) is 2.88. The van der Waals surface area contributed by atoms with Crippen LogP contribution in [-0.4, -0.2) is 22.0 Å². The molecule has 0 spiro atoms. The third-order valence-corrected chi connectivity index (χ3v) is 4.39. The Labute approximate surface area is 158 Å². The van der Waals surface area contributed by atoms with E-state index in [4.69, 9.17) is 11.6 Å². The number of fused-ring (bicyclic) bond motifs is 1. The predicted octanol–water partition coefficient (Wildman–Crippen LogP) is 5.33. The quantitative estimate of drug-likeness (QED) is 0.520. The molecule has 0 saturated carbocycles. The van der Waals surface area contributed by atoms with Crippen molar-refractivity contribution in [2.45, 2.75) is 0 Å². The fraction of sp³-hybridized carbons (Fsp3) is 0.0500. The Bertz CT molecular complexity index is 1150. The van der Waals surface area contributed by atoms with Gasteiger partial charge in [-0.05, 0) is 48.0 Å². The van der Waals surface area contributed by atoms with Gasteiger partial charge < -0.3 is 5.32 Å². The molecule has 1 N–H and O–H groups in total. The molecule has 0 aliphatic rings. The molecule has 0 aliphatic heterocycles. The van der Waals surface area contributed by atoms with Crippen LogP contribution < -0.4 is 5.32 Å². The summed E-state index contributed by atoms with van der Waals surface area (Å²) in [6, 6.07) is 10.7. The number of halogens is 3. The van der Waals surface area contributed by atoms with Gasteiger partial charge in [0.2, 0.25) is 0 Å². The molecule has 2 aromatic carbocycles. The number of anilines is 1. The summed E-state index contributed by atoms with van der Waals surface area (Å²) in [5, 5.41) is 3.69. The van der Waals surface area contributed by atoms with Crippen molar-refractivity contribution in [2.24, 2.45) is 0 Å². The molecular weight excluding hydrogens is 370 g/mol. The zero-order valence-corrected chi connectivity index (χ0v) is 14.9. The molecule has 0 fully saturated rings. The van der Waals surface area contributed by atoms with Crippen molar-refractivity contribution in [3.05, 3.63) is 71.5 Å². The first-order valence-corrected chi connectivity index (χ1v) is 8.49. The Hall–Kier alpha value is -3.12. The lowest BCUT2D eigenvalue weighted by molar-refractivity contribution is 0.629. The lowest BCUT2D eigenvalue weighted by Gasteiger charge is -2.11. The second-order valence-electron chi connectivity index (χ2n) is 5.87. The monoisotopic (exact) mass is 382 g/mol. The average molecular weight is 383 g/mol. The Morgan fingerprint density at radius 2 is 1.81 bits per heavy atom. The second kappa shape index (κ2) is 6.89. The van der Waals surface area contributed by atoms with Gasteiger partial charge in [0.25, 0.3) is 0 Å². The number of nitrogens with zero attached hydrogens (tertiary/aromatic N) is 3. The molecular formula is C20H13ClF2N4. The van der Waals surface area contributed by atoms with Crippen molar-refractivity contribution >= 4 is 28.3 Å².